The maximum atomic E-state index is 12.0. The molecule has 1 amide bonds. The van der Waals surface area contributed by atoms with Crippen LogP contribution in [0.4, 0.5) is 5.69 Å². The third-order valence-electron chi connectivity index (χ3n) is 3.09. The number of nitrogens with one attached hydrogen (secondary N) is 1. The fraction of sp³-hybridized carbons (Fsp3) is 0.312. The Balaban J connectivity index is 1.77. The van der Waals surface area contributed by atoms with Gasteiger partial charge in [0, 0.05) is 16.6 Å². The highest BCUT2D eigenvalue weighted by Gasteiger charge is 2.13. The number of ether oxygens (including phenoxy) is 1. The van der Waals surface area contributed by atoms with Gasteiger partial charge in [0.15, 0.2) is 0 Å². The Labute approximate surface area is 128 Å². The van der Waals surface area contributed by atoms with Gasteiger partial charge in [0.05, 0.1) is 19.1 Å². The fourth-order valence-electron chi connectivity index (χ4n) is 2.00. The van der Waals surface area contributed by atoms with Gasteiger partial charge in [0.1, 0.15) is 5.75 Å². The number of anilines is 1. The first kappa shape index (κ1) is 15.4. The molecule has 0 saturated heterocycles. The van der Waals surface area contributed by atoms with Crippen LogP contribution in [-0.2, 0) is 4.79 Å². The van der Waals surface area contributed by atoms with Gasteiger partial charge in [-0.3, -0.25) is 4.79 Å². The third kappa shape index (κ3) is 4.79. The van der Waals surface area contributed by atoms with Crippen molar-refractivity contribution in [1.82, 2.24) is 5.32 Å². The van der Waals surface area contributed by atoms with Crippen molar-refractivity contribution in [2.24, 2.45) is 0 Å². The number of rotatable bonds is 7. The Morgan fingerprint density at radius 3 is 2.90 bits per heavy atom. The van der Waals surface area contributed by atoms with Crippen molar-refractivity contribution in [3.05, 3.63) is 46.7 Å². The molecule has 1 unspecified atom stereocenters. The summed E-state index contributed by atoms with van der Waals surface area (Å²) in [7, 11) is 0. The van der Waals surface area contributed by atoms with Crippen LogP contribution in [-0.4, -0.2) is 12.5 Å². The molecule has 0 radical (unpaired) electrons. The highest BCUT2D eigenvalue weighted by molar-refractivity contribution is 7.10. The molecule has 0 fully saturated rings. The van der Waals surface area contributed by atoms with E-state index < -0.39 is 0 Å². The Hall–Kier alpha value is -2.01. The molecule has 5 heteroatoms. The number of carbonyl (C=O) groups excluding carboxylic acids is 1. The molecule has 21 heavy (non-hydrogen) atoms. The maximum Gasteiger partial charge on any atom is 0.223 e. The van der Waals surface area contributed by atoms with Crippen LogP contribution in [0.25, 0.3) is 0 Å². The summed E-state index contributed by atoms with van der Waals surface area (Å²) >= 11 is 1.66. The summed E-state index contributed by atoms with van der Waals surface area (Å²) in [5.41, 5.74) is 6.32. The summed E-state index contributed by atoms with van der Waals surface area (Å²) in [4.78, 5) is 13.1. The van der Waals surface area contributed by atoms with E-state index in [1.807, 2.05) is 29.6 Å². The third-order valence-corrected chi connectivity index (χ3v) is 4.07. The van der Waals surface area contributed by atoms with Crippen LogP contribution < -0.4 is 15.8 Å². The summed E-state index contributed by atoms with van der Waals surface area (Å²) in [5, 5.41) is 5.05. The number of nitrogen functional groups attached to an aromatic ring is 1. The lowest BCUT2D eigenvalue weighted by Crippen LogP contribution is -2.28. The van der Waals surface area contributed by atoms with Gasteiger partial charge in [0.25, 0.3) is 0 Å². The van der Waals surface area contributed by atoms with E-state index in [9.17, 15) is 4.79 Å². The molecule has 1 aromatic carbocycles. The Morgan fingerprint density at radius 2 is 2.24 bits per heavy atom. The van der Waals surface area contributed by atoms with Crippen LogP contribution in [0.1, 0.15) is 30.7 Å². The molecule has 0 bridgehead atoms. The van der Waals surface area contributed by atoms with Crippen LogP contribution in [0.5, 0.6) is 5.75 Å². The number of hydrogen-bond acceptors (Lipinski definition) is 4. The topological polar surface area (TPSA) is 64.3 Å². The van der Waals surface area contributed by atoms with E-state index in [0.29, 0.717) is 24.5 Å². The van der Waals surface area contributed by atoms with E-state index in [1.54, 1.807) is 23.5 Å². The molecule has 1 atom stereocenters. The number of carbonyl (C=O) groups is 1. The molecule has 1 aromatic heterocycles. The minimum Gasteiger partial charge on any atom is -0.493 e. The predicted molar refractivity (Wildman–Crippen MR) is 86.5 cm³/mol. The van der Waals surface area contributed by atoms with Gasteiger partial charge in [-0.1, -0.05) is 19.1 Å². The number of benzene rings is 1. The van der Waals surface area contributed by atoms with E-state index in [1.165, 1.54) is 4.88 Å². The van der Waals surface area contributed by atoms with Gasteiger partial charge < -0.3 is 15.8 Å². The molecule has 3 N–H and O–H groups in total. The van der Waals surface area contributed by atoms with Gasteiger partial charge in [-0.2, -0.15) is 0 Å². The minimum absolute atomic E-state index is 0.000784. The average Bonchev–Trinajstić information content (AvgIpc) is 2.99. The van der Waals surface area contributed by atoms with Crippen LogP contribution >= 0.6 is 11.3 Å². The molecule has 1 heterocycles. The van der Waals surface area contributed by atoms with Crippen molar-refractivity contribution in [2.75, 3.05) is 12.3 Å². The highest BCUT2D eigenvalue weighted by Crippen LogP contribution is 2.21. The molecule has 2 aromatic rings. The molecule has 0 aliphatic rings. The van der Waals surface area contributed by atoms with Crippen LogP contribution in [0, 0.1) is 0 Å². The molecular formula is C16H20N2O2S. The first-order valence-corrected chi connectivity index (χ1v) is 7.88. The number of nitrogens with two attached hydrogens (primary N) is 1. The summed E-state index contributed by atoms with van der Waals surface area (Å²) in [6.45, 7) is 2.41. The SMILES string of the molecule is CCC(NC(=O)CCOc1cccc(N)c1)c1cccs1. The molecule has 4 nitrogen and oxygen atoms in total. The van der Waals surface area contributed by atoms with E-state index >= 15 is 0 Å². The van der Waals surface area contributed by atoms with Gasteiger partial charge in [-0.25, -0.2) is 0 Å². The van der Waals surface area contributed by atoms with Gasteiger partial charge in [0.2, 0.25) is 5.91 Å². The summed E-state index contributed by atoms with van der Waals surface area (Å²) in [6.07, 6.45) is 1.21. The predicted octanol–water partition coefficient (Wildman–Crippen LogP) is 3.37. The molecule has 112 valence electrons. The smallest absolute Gasteiger partial charge is 0.223 e. The number of amides is 1. The Kier molecular flexibility index (Phi) is 5.63. The Bertz CT molecular complexity index is 569. The summed E-state index contributed by atoms with van der Waals surface area (Å²) < 4.78 is 5.53. The quantitative estimate of drug-likeness (QED) is 0.771. The van der Waals surface area contributed by atoms with Crippen molar-refractivity contribution in [1.29, 1.82) is 0 Å². The fourth-order valence-corrected chi connectivity index (χ4v) is 2.86. The monoisotopic (exact) mass is 304 g/mol. The van der Waals surface area contributed by atoms with Gasteiger partial charge >= 0.3 is 0 Å². The van der Waals surface area contributed by atoms with E-state index in [0.717, 1.165) is 6.42 Å². The highest BCUT2D eigenvalue weighted by atomic mass is 32.1. The molecule has 0 spiro atoms. The second-order valence-electron chi connectivity index (χ2n) is 4.71. The lowest BCUT2D eigenvalue weighted by atomic mass is 10.2. The summed E-state index contributed by atoms with van der Waals surface area (Å²) in [5.74, 6) is 0.687. The number of thiophene rings is 1. The first-order chi connectivity index (χ1) is 10.2. The van der Waals surface area contributed by atoms with E-state index in [-0.39, 0.29) is 11.9 Å². The average molecular weight is 304 g/mol. The van der Waals surface area contributed by atoms with Crippen LogP contribution in [0.3, 0.4) is 0 Å². The van der Waals surface area contributed by atoms with E-state index in [4.69, 9.17) is 10.5 Å². The summed E-state index contributed by atoms with van der Waals surface area (Å²) in [6, 6.07) is 11.3. The maximum absolute atomic E-state index is 12.0. The van der Waals surface area contributed by atoms with Crippen molar-refractivity contribution in [3.63, 3.8) is 0 Å². The first-order valence-electron chi connectivity index (χ1n) is 7.00. The number of hydrogen-bond donors (Lipinski definition) is 2. The van der Waals surface area contributed by atoms with Crippen LogP contribution in [0.15, 0.2) is 41.8 Å². The zero-order chi connectivity index (χ0) is 15.1. The Morgan fingerprint density at radius 1 is 1.38 bits per heavy atom. The molecule has 0 saturated carbocycles. The lowest BCUT2D eigenvalue weighted by molar-refractivity contribution is -0.122. The lowest BCUT2D eigenvalue weighted by Gasteiger charge is -2.15. The largest absolute Gasteiger partial charge is 0.493 e. The zero-order valence-corrected chi connectivity index (χ0v) is 12.9. The molecule has 0 aliphatic heterocycles. The normalized spacial score (nSPS) is 11.9. The van der Waals surface area contributed by atoms with Crippen molar-refractivity contribution < 1.29 is 9.53 Å². The second kappa shape index (κ2) is 7.69. The van der Waals surface area contributed by atoms with Crippen LogP contribution in [0.2, 0.25) is 0 Å². The van der Waals surface area contributed by atoms with E-state index in [2.05, 4.69) is 12.2 Å². The minimum atomic E-state index is -0.000784. The van der Waals surface area contributed by atoms with Crippen molar-refractivity contribution in [3.8, 4) is 5.75 Å². The van der Waals surface area contributed by atoms with Gasteiger partial charge in [-0.15, -0.1) is 11.3 Å². The standard InChI is InChI=1S/C16H20N2O2S/c1-2-14(15-7-4-10-21-15)18-16(19)8-9-20-13-6-3-5-12(17)11-13/h3-7,10-11,14H,2,8-9,17H2,1H3,(H,18,19). The molecular weight excluding hydrogens is 284 g/mol. The van der Waals surface area contributed by atoms with Crippen molar-refractivity contribution in [2.45, 2.75) is 25.8 Å². The zero-order valence-electron chi connectivity index (χ0n) is 12.0. The van der Waals surface area contributed by atoms with Crippen molar-refractivity contribution >= 4 is 22.9 Å². The molecule has 2 rings (SSSR count). The van der Waals surface area contributed by atoms with Gasteiger partial charge in [-0.05, 0) is 30.0 Å². The second-order valence-corrected chi connectivity index (χ2v) is 5.69. The molecule has 0 aliphatic carbocycles.